The van der Waals surface area contributed by atoms with Gasteiger partial charge in [-0.3, -0.25) is 14.9 Å². The van der Waals surface area contributed by atoms with Crippen molar-refractivity contribution in [3.05, 3.63) is 102 Å². The number of imide groups is 2. The third-order valence-electron chi connectivity index (χ3n) is 6.24. The highest BCUT2D eigenvalue weighted by Gasteiger charge is 2.37. The number of anilines is 1. The Morgan fingerprint density at radius 3 is 2.27 bits per heavy atom. The van der Waals surface area contributed by atoms with Gasteiger partial charge in [-0.15, -0.1) is 0 Å². The number of barbiturate groups is 1. The summed E-state index contributed by atoms with van der Waals surface area (Å²) in [6.07, 6.45) is 1.24. The van der Waals surface area contributed by atoms with Crippen LogP contribution >= 0.6 is 0 Å². The highest BCUT2D eigenvalue weighted by Crippen LogP contribution is 2.34. The molecular weight excluding hydrogens is 532 g/mol. The molecule has 1 N–H and O–H groups in total. The van der Waals surface area contributed by atoms with E-state index in [-0.39, 0.29) is 27.5 Å². The predicted molar refractivity (Wildman–Crippen MR) is 150 cm³/mol. The average molecular weight is 557 g/mol. The number of rotatable bonds is 7. The van der Waals surface area contributed by atoms with Gasteiger partial charge < -0.3 is 8.92 Å². The van der Waals surface area contributed by atoms with Crippen LogP contribution in [0.2, 0.25) is 0 Å². The molecule has 1 fully saturated rings. The van der Waals surface area contributed by atoms with Crippen molar-refractivity contribution >= 4 is 50.5 Å². The second kappa shape index (κ2) is 10.7. The largest absolute Gasteiger partial charge is 0.494 e. The molecule has 0 atom stereocenters. The molecule has 0 bridgehead atoms. The summed E-state index contributed by atoms with van der Waals surface area (Å²) >= 11 is 0. The first-order valence-corrected chi connectivity index (χ1v) is 13.8. The Hall–Kier alpha value is -4.96. The van der Waals surface area contributed by atoms with Crippen LogP contribution in [0.3, 0.4) is 0 Å². The average Bonchev–Trinajstić information content (AvgIpc) is 2.93. The molecule has 0 aliphatic carbocycles. The lowest BCUT2D eigenvalue weighted by Crippen LogP contribution is -2.54. The van der Waals surface area contributed by atoms with Crippen molar-refractivity contribution in [3.8, 4) is 11.5 Å². The van der Waals surface area contributed by atoms with Crippen LogP contribution in [0, 0.1) is 6.92 Å². The van der Waals surface area contributed by atoms with E-state index in [1.807, 2.05) is 13.8 Å². The maximum absolute atomic E-state index is 13.5. The van der Waals surface area contributed by atoms with E-state index in [2.05, 4.69) is 5.32 Å². The molecule has 1 aliphatic heterocycles. The molecule has 9 nitrogen and oxygen atoms in total. The Bertz CT molecular complexity index is 1780. The van der Waals surface area contributed by atoms with Gasteiger partial charge in [-0.1, -0.05) is 48.0 Å². The summed E-state index contributed by atoms with van der Waals surface area (Å²) in [5.41, 5.74) is 0.917. The maximum Gasteiger partial charge on any atom is 0.339 e. The summed E-state index contributed by atoms with van der Waals surface area (Å²) in [6, 6.07) is 21.7. The summed E-state index contributed by atoms with van der Waals surface area (Å²) in [5, 5.41) is 3.44. The second-order valence-electron chi connectivity index (χ2n) is 8.93. The second-order valence-corrected chi connectivity index (χ2v) is 10.5. The monoisotopic (exact) mass is 556 g/mol. The van der Waals surface area contributed by atoms with Crippen LogP contribution in [0.15, 0.2) is 95.4 Å². The van der Waals surface area contributed by atoms with E-state index in [0.717, 1.165) is 15.8 Å². The lowest BCUT2D eigenvalue weighted by Gasteiger charge is -2.26. The SMILES string of the molecule is CCOc1ccc(N2C(=O)NC(=O)/C(=C\c3c(OS(=O)(=O)c4ccc(C)cc4)ccc4ccccc34)C2=O)cc1. The lowest BCUT2D eigenvalue weighted by atomic mass is 10.00. The van der Waals surface area contributed by atoms with Gasteiger partial charge in [0, 0.05) is 5.56 Å². The lowest BCUT2D eigenvalue weighted by molar-refractivity contribution is -0.122. The molecule has 0 saturated carbocycles. The van der Waals surface area contributed by atoms with Gasteiger partial charge in [0.1, 0.15) is 16.2 Å². The number of urea groups is 1. The third kappa shape index (κ3) is 5.16. The normalized spacial score (nSPS) is 14.9. The van der Waals surface area contributed by atoms with Crippen LogP contribution < -0.4 is 19.1 Å². The summed E-state index contributed by atoms with van der Waals surface area (Å²) in [6.45, 7) is 4.10. The number of carbonyl (C=O) groups excluding carboxylic acids is 3. The van der Waals surface area contributed by atoms with E-state index in [0.29, 0.717) is 17.7 Å². The van der Waals surface area contributed by atoms with E-state index in [1.54, 1.807) is 54.6 Å². The fourth-order valence-electron chi connectivity index (χ4n) is 4.26. The van der Waals surface area contributed by atoms with Gasteiger partial charge in [-0.2, -0.15) is 8.42 Å². The van der Waals surface area contributed by atoms with Gasteiger partial charge >= 0.3 is 16.1 Å². The Balaban J connectivity index is 1.60. The zero-order valence-electron chi connectivity index (χ0n) is 21.6. The van der Waals surface area contributed by atoms with Crippen molar-refractivity contribution in [1.29, 1.82) is 0 Å². The van der Waals surface area contributed by atoms with Gasteiger partial charge in [0.05, 0.1) is 12.3 Å². The van der Waals surface area contributed by atoms with Crippen LogP contribution in [0.1, 0.15) is 18.1 Å². The molecule has 202 valence electrons. The molecule has 0 unspecified atom stereocenters. The summed E-state index contributed by atoms with van der Waals surface area (Å²) in [5.74, 6) is -1.33. The van der Waals surface area contributed by atoms with Crippen molar-refractivity contribution in [3.63, 3.8) is 0 Å². The fourth-order valence-corrected chi connectivity index (χ4v) is 5.21. The minimum absolute atomic E-state index is 0.0522. The Kier molecular flexibility index (Phi) is 7.10. The van der Waals surface area contributed by atoms with Gasteiger partial charge in [0.2, 0.25) is 0 Å². The molecule has 0 aromatic heterocycles. The minimum atomic E-state index is -4.25. The zero-order valence-corrected chi connectivity index (χ0v) is 22.4. The number of hydrogen-bond acceptors (Lipinski definition) is 7. The van der Waals surface area contributed by atoms with Crippen molar-refractivity contribution in [2.45, 2.75) is 18.7 Å². The molecular formula is C30H24N2O7S. The quantitative estimate of drug-likeness (QED) is 0.194. The Morgan fingerprint density at radius 2 is 1.57 bits per heavy atom. The molecule has 0 radical (unpaired) electrons. The predicted octanol–water partition coefficient (Wildman–Crippen LogP) is 4.98. The van der Waals surface area contributed by atoms with Crippen LogP contribution in [0.25, 0.3) is 16.8 Å². The van der Waals surface area contributed by atoms with Crippen LogP contribution in [-0.4, -0.2) is 32.9 Å². The van der Waals surface area contributed by atoms with E-state index < -0.39 is 28.0 Å². The number of hydrogen-bond donors (Lipinski definition) is 1. The number of carbonyl (C=O) groups is 3. The number of aryl methyl sites for hydroxylation is 1. The zero-order chi connectivity index (χ0) is 28.4. The Labute approximate surface area is 230 Å². The standard InChI is InChI=1S/C30H24N2O7S/c1-3-38-22-13-11-21(12-14-22)32-29(34)26(28(33)31-30(32)35)18-25-24-7-5-4-6-20(24)10-17-27(25)39-40(36,37)23-15-8-19(2)9-16-23/h4-18H,3H2,1-2H3,(H,31,33,35)/b26-18+. The van der Waals surface area contributed by atoms with Crippen molar-refractivity contribution in [2.24, 2.45) is 0 Å². The van der Waals surface area contributed by atoms with E-state index >= 15 is 0 Å². The van der Waals surface area contributed by atoms with E-state index in [4.69, 9.17) is 8.92 Å². The van der Waals surface area contributed by atoms with Crippen molar-refractivity contribution in [1.82, 2.24) is 5.32 Å². The van der Waals surface area contributed by atoms with E-state index in [1.165, 1.54) is 36.4 Å². The number of benzene rings is 4. The van der Waals surface area contributed by atoms with Crippen LogP contribution in [-0.2, 0) is 19.7 Å². The van der Waals surface area contributed by atoms with Crippen molar-refractivity contribution < 1.29 is 31.7 Å². The fraction of sp³-hybridized carbons (Fsp3) is 0.100. The molecule has 0 spiro atoms. The molecule has 40 heavy (non-hydrogen) atoms. The molecule has 1 saturated heterocycles. The molecule has 1 aliphatic rings. The molecule has 10 heteroatoms. The summed E-state index contributed by atoms with van der Waals surface area (Å²) in [7, 11) is -4.25. The highest BCUT2D eigenvalue weighted by molar-refractivity contribution is 7.87. The molecule has 4 amide bonds. The molecule has 4 aromatic carbocycles. The third-order valence-corrected chi connectivity index (χ3v) is 7.48. The van der Waals surface area contributed by atoms with Gasteiger partial charge in [0.25, 0.3) is 11.8 Å². The van der Waals surface area contributed by atoms with Crippen LogP contribution in [0.5, 0.6) is 11.5 Å². The van der Waals surface area contributed by atoms with E-state index in [9.17, 15) is 22.8 Å². The first-order valence-electron chi connectivity index (χ1n) is 12.3. The first kappa shape index (κ1) is 26.6. The van der Waals surface area contributed by atoms with Gasteiger partial charge in [0.15, 0.2) is 5.75 Å². The Morgan fingerprint density at radius 1 is 0.875 bits per heavy atom. The van der Waals surface area contributed by atoms with Gasteiger partial charge in [-0.05, 0) is 73.2 Å². The topological polar surface area (TPSA) is 119 Å². The van der Waals surface area contributed by atoms with Crippen molar-refractivity contribution in [2.75, 3.05) is 11.5 Å². The minimum Gasteiger partial charge on any atom is -0.494 e. The number of fused-ring (bicyclic) bond motifs is 1. The smallest absolute Gasteiger partial charge is 0.339 e. The van der Waals surface area contributed by atoms with Crippen LogP contribution in [0.4, 0.5) is 10.5 Å². The molecule has 4 aromatic rings. The maximum atomic E-state index is 13.5. The molecule has 1 heterocycles. The highest BCUT2D eigenvalue weighted by atomic mass is 32.2. The summed E-state index contributed by atoms with van der Waals surface area (Å²) in [4.78, 5) is 39.9. The first-order chi connectivity index (χ1) is 19.2. The molecule has 5 rings (SSSR count). The number of ether oxygens (including phenoxy) is 1. The number of nitrogens with one attached hydrogen (secondary N) is 1. The number of nitrogens with zero attached hydrogens (tertiary/aromatic N) is 1. The number of amides is 4. The summed E-state index contributed by atoms with van der Waals surface area (Å²) < 4.78 is 37.2. The van der Waals surface area contributed by atoms with Gasteiger partial charge in [-0.25, -0.2) is 9.69 Å².